The second kappa shape index (κ2) is 24.1. The molecule has 0 unspecified atom stereocenters. The van der Waals surface area contributed by atoms with Crippen molar-refractivity contribution in [2.75, 3.05) is 10.2 Å². The van der Waals surface area contributed by atoms with Crippen LogP contribution < -0.4 is 26.6 Å². The molecule has 2 aliphatic heterocycles. The number of hydrogen-bond donors (Lipinski definition) is 1. The van der Waals surface area contributed by atoms with Crippen LogP contribution in [0.25, 0.3) is 117 Å². The van der Waals surface area contributed by atoms with Crippen molar-refractivity contribution in [3.63, 3.8) is 0 Å². The maximum Gasteiger partial charge on any atom is 0.252 e. The molecule has 0 saturated carbocycles. The molecule has 0 spiro atoms. The SMILES string of the molecule is [2H]c1c([2H])c([2H])c(-c2ccc3c(c2)N(c2c(-c4ccccc4)cc(C(C)(C)C)cc2-c2nc(-c4c([2H])c([2H])c([2H])c([2H])c4[2H])nc(-c4c([2H])c([2H])c([2H])c([2H])c4[2H])n2)c2cccc4c2B3c2ccc(-n3c5ccc(C(C)(C)C)cc5c5cc(C(C)(C)C)ccc53)c(-c3ccc(-c5ccccc5)cc3-c3ccccc3)c2N4)c([2H])c1[2H]. The Morgan fingerprint density at radius 1 is 0.350 bits per heavy atom. The molecule has 7 heteroatoms. The van der Waals surface area contributed by atoms with Gasteiger partial charge in [0.1, 0.15) is 0 Å². The molecule has 2 aliphatic rings. The minimum atomic E-state index is -0.695. The standard InChI is InChI=1S/C93H77BN6/c1-91(2,3)67-45-50-79-73(55-67)74-56-68(92(4,5)6)46-51-80(74)99(79)81-52-49-77-86(84(81)70-47-43-65(59-29-16-10-17-30-59)53-71(70)61-33-20-12-21-34-61)95-78-41-28-42-82-85(78)94(77)76-48-44-66(60-31-18-11-19-32-60)54-83(76)100(82)87-72(62-35-22-13-23-36-62)57-69(93(7,8)9)58-75(87)90-97-88(63-37-24-14-25-38-63)96-89(98-90)64-39-26-15-27-40-64/h10-58,95H,1-9H3/i11D,14D,15D,18D,19D,24D,25D,26D,27D,31D,32D,37D,38D,39D,40D. The fraction of sp³-hybridized carbons (Fsp3) is 0.129. The third-order valence-electron chi connectivity index (χ3n) is 19.6. The Kier molecular flexibility index (Phi) is 11.4. The summed E-state index contributed by atoms with van der Waals surface area (Å²) >= 11 is 0. The van der Waals surface area contributed by atoms with Crippen LogP contribution in [0.3, 0.4) is 0 Å². The molecule has 0 saturated heterocycles. The van der Waals surface area contributed by atoms with Gasteiger partial charge in [0.15, 0.2) is 17.5 Å². The third-order valence-corrected chi connectivity index (χ3v) is 19.6. The molecule has 0 fully saturated rings. The van der Waals surface area contributed by atoms with Crippen molar-refractivity contribution in [2.45, 2.75) is 78.6 Å². The predicted molar refractivity (Wildman–Crippen MR) is 423 cm³/mol. The first-order chi connectivity index (χ1) is 54.7. The van der Waals surface area contributed by atoms with Gasteiger partial charge in [-0.1, -0.05) is 292 Å². The van der Waals surface area contributed by atoms with Crippen LogP contribution in [0.1, 0.15) is 99.6 Å². The molecular weight excluding hydrogens is 1210 g/mol. The number of rotatable bonds is 10. The molecular formula is C93H77BN6. The fourth-order valence-corrected chi connectivity index (χ4v) is 14.5. The lowest BCUT2D eigenvalue weighted by atomic mass is 9.33. The zero-order valence-corrected chi connectivity index (χ0v) is 56.9. The molecule has 482 valence electrons. The van der Waals surface area contributed by atoms with Gasteiger partial charge >= 0.3 is 0 Å². The summed E-state index contributed by atoms with van der Waals surface area (Å²) in [7, 11) is 0. The van der Waals surface area contributed by atoms with Crippen molar-refractivity contribution in [2.24, 2.45) is 0 Å². The lowest BCUT2D eigenvalue weighted by molar-refractivity contribution is 0.590. The molecule has 1 N–H and O–H groups in total. The molecule has 0 bridgehead atoms. The predicted octanol–water partition coefficient (Wildman–Crippen LogP) is 22.6. The Balaban J connectivity index is 1.02. The highest BCUT2D eigenvalue weighted by atomic mass is 15.2. The zero-order valence-electron chi connectivity index (χ0n) is 71.9. The van der Waals surface area contributed by atoms with E-state index in [9.17, 15) is 8.22 Å². The first-order valence-electron chi connectivity index (χ1n) is 41.3. The Morgan fingerprint density at radius 3 is 1.42 bits per heavy atom. The number of aromatic nitrogens is 4. The van der Waals surface area contributed by atoms with Crippen LogP contribution in [0.2, 0.25) is 0 Å². The zero-order chi connectivity index (χ0) is 81.2. The molecule has 0 amide bonds. The third kappa shape index (κ3) is 10.8. The van der Waals surface area contributed by atoms with Crippen molar-refractivity contribution in [1.29, 1.82) is 0 Å². The summed E-state index contributed by atoms with van der Waals surface area (Å²) in [6.45, 7) is 18.9. The Bertz CT molecular complexity index is 6400. The normalized spacial score (nSPS) is 14.8. The summed E-state index contributed by atoms with van der Waals surface area (Å²) < 4.78 is 139. The van der Waals surface area contributed by atoms with Crippen molar-refractivity contribution in [3.8, 4) is 95.5 Å². The topological polar surface area (TPSA) is 58.9 Å². The van der Waals surface area contributed by atoms with E-state index < -0.39 is 126 Å². The van der Waals surface area contributed by atoms with E-state index in [2.05, 4.69) is 172 Å². The van der Waals surface area contributed by atoms with E-state index in [0.29, 0.717) is 28.2 Å². The van der Waals surface area contributed by atoms with E-state index in [-0.39, 0.29) is 33.3 Å². The summed E-state index contributed by atoms with van der Waals surface area (Å²) in [5.41, 5.74) is 17.3. The van der Waals surface area contributed by atoms with Gasteiger partial charge in [-0.05, 0) is 161 Å². The van der Waals surface area contributed by atoms with E-state index in [0.717, 1.165) is 94.2 Å². The van der Waals surface area contributed by atoms with Crippen molar-refractivity contribution >= 4 is 73.3 Å². The average Bonchev–Trinajstić information content (AvgIpc) is 1.69. The van der Waals surface area contributed by atoms with Gasteiger partial charge in [0.05, 0.1) is 43.0 Å². The average molecular weight is 1300 g/mol. The Morgan fingerprint density at radius 2 is 0.850 bits per heavy atom. The largest absolute Gasteiger partial charge is 0.356 e. The summed E-state index contributed by atoms with van der Waals surface area (Å²) in [6.07, 6.45) is 0. The minimum absolute atomic E-state index is 0.0516. The van der Waals surface area contributed by atoms with Gasteiger partial charge in [-0.25, -0.2) is 15.0 Å². The number of nitrogens with zero attached hydrogens (tertiary/aromatic N) is 5. The van der Waals surface area contributed by atoms with E-state index >= 15 is 0 Å². The number of hydrogen-bond acceptors (Lipinski definition) is 5. The van der Waals surface area contributed by atoms with Crippen LogP contribution in [0.4, 0.5) is 28.4 Å². The van der Waals surface area contributed by atoms with E-state index in [1.165, 1.54) is 11.1 Å². The molecule has 0 radical (unpaired) electrons. The van der Waals surface area contributed by atoms with Gasteiger partial charge in [-0.2, -0.15) is 0 Å². The van der Waals surface area contributed by atoms with Gasteiger partial charge in [-0.3, -0.25) is 0 Å². The lowest BCUT2D eigenvalue weighted by Crippen LogP contribution is -2.60. The van der Waals surface area contributed by atoms with Gasteiger partial charge < -0.3 is 14.8 Å². The summed E-state index contributed by atoms with van der Waals surface area (Å²) in [6, 6.07) is 61.8. The number of anilines is 5. The van der Waals surface area contributed by atoms with Gasteiger partial charge in [-0.15, -0.1) is 0 Å². The van der Waals surface area contributed by atoms with E-state index in [4.69, 9.17) is 27.3 Å². The number of nitrogens with one attached hydrogen (secondary N) is 1. The highest BCUT2D eigenvalue weighted by molar-refractivity contribution is 7.00. The van der Waals surface area contributed by atoms with Crippen LogP contribution >= 0.6 is 0 Å². The van der Waals surface area contributed by atoms with E-state index in [1.54, 1.807) is 0 Å². The van der Waals surface area contributed by atoms with Crippen LogP contribution in [-0.2, 0) is 16.2 Å². The molecule has 2 aromatic heterocycles. The van der Waals surface area contributed by atoms with Gasteiger partial charge in [0.25, 0.3) is 6.71 Å². The molecule has 6 nitrogen and oxygen atoms in total. The highest BCUT2D eigenvalue weighted by Crippen LogP contribution is 2.53. The summed E-state index contributed by atoms with van der Waals surface area (Å²) in [5.74, 6) is -1.10. The van der Waals surface area contributed by atoms with Crippen molar-refractivity contribution in [1.82, 2.24) is 19.5 Å². The summed E-state index contributed by atoms with van der Waals surface area (Å²) in [5, 5.41) is 6.40. The summed E-state index contributed by atoms with van der Waals surface area (Å²) in [4.78, 5) is 17.2. The van der Waals surface area contributed by atoms with Gasteiger partial charge in [0, 0.05) is 61.3 Å². The smallest absolute Gasteiger partial charge is 0.252 e. The number of fused-ring (bicyclic) bond motifs is 7. The van der Waals surface area contributed by atoms with Crippen LogP contribution in [-0.4, -0.2) is 26.2 Å². The van der Waals surface area contributed by atoms with Crippen LogP contribution in [0.5, 0.6) is 0 Å². The molecule has 17 rings (SSSR count). The van der Waals surface area contributed by atoms with Crippen LogP contribution in [0.15, 0.2) is 297 Å². The molecule has 4 heterocycles. The van der Waals surface area contributed by atoms with Gasteiger partial charge in [0.2, 0.25) is 0 Å². The molecule has 0 atom stereocenters. The second-order valence-corrected chi connectivity index (χ2v) is 29.0. The Hall–Kier alpha value is -11.7. The first kappa shape index (κ1) is 47.3. The molecule has 0 aliphatic carbocycles. The maximum absolute atomic E-state index is 9.61. The van der Waals surface area contributed by atoms with E-state index in [1.807, 2.05) is 112 Å². The first-order valence-corrected chi connectivity index (χ1v) is 33.8. The Labute approximate surface area is 608 Å². The lowest BCUT2D eigenvalue weighted by Gasteiger charge is -2.43. The molecule has 100 heavy (non-hydrogen) atoms. The molecule has 13 aromatic carbocycles. The monoisotopic (exact) mass is 1300 g/mol. The van der Waals surface area contributed by atoms with Crippen molar-refractivity contribution < 1.29 is 20.6 Å². The molecule has 15 aromatic rings. The number of benzene rings is 13. The minimum Gasteiger partial charge on any atom is -0.356 e. The van der Waals surface area contributed by atoms with Crippen molar-refractivity contribution in [3.05, 3.63) is 314 Å². The quantitative estimate of drug-likeness (QED) is 0.138. The second-order valence-electron chi connectivity index (χ2n) is 29.0. The maximum atomic E-state index is 9.61. The fourth-order valence-electron chi connectivity index (χ4n) is 14.5. The highest BCUT2D eigenvalue weighted by Gasteiger charge is 2.44. The van der Waals surface area contributed by atoms with Crippen LogP contribution in [0, 0.1) is 0 Å².